The molecular weight excluding hydrogens is 444 g/mol. The van der Waals surface area contributed by atoms with Crippen molar-refractivity contribution in [3.63, 3.8) is 0 Å². The minimum absolute atomic E-state index is 0.169. The fourth-order valence-corrected chi connectivity index (χ4v) is 4.64. The molecule has 0 bridgehead atoms. The first-order chi connectivity index (χ1) is 17.1. The van der Waals surface area contributed by atoms with Crippen molar-refractivity contribution in [3.05, 3.63) is 77.3 Å². The van der Waals surface area contributed by atoms with E-state index in [2.05, 4.69) is 4.98 Å². The van der Waals surface area contributed by atoms with Crippen LogP contribution in [0.5, 0.6) is 11.5 Å². The number of benzene rings is 2. The van der Waals surface area contributed by atoms with E-state index in [9.17, 15) is 9.59 Å². The van der Waals surface area contributed by atoms with Crippen molar-refractivity contribution in [2.75, 3.05) is 18.8 Å². The Balaban J connectivity index is 1.54. The Labute approximate surface area is 201 Å². The summed E-state index contributed by atoms with van der Waals surface area (Å²) in [6, 6.07) is 20.1. The number of hydrogen-bond donors (Lipinski definition) is 1. The van der Waals surface area contributed by atoms with Crippen LogP contribution >= 0.6 is 0 Å². The lowest BCUT2D eigenvalue weighted by atomic mass is 10.0. The van der Waals surface area contributed by atoms with Gasteiger partial charge < -0.3 is 15.4 Å². The number of nitrogens with zero attached hydrogens (tertiary/aromatic N) is 5. The number of hydrogen-bond acceptors (Lipinski definition) is 6. The summed E-state index contributed by atoms with van der Waals surface area (Å²) in [5, 5.41) is 8.91. The van der Waals surface area contributed by atoms with Crippen LogP contribution in [-0.2, 0) is 4.79 Å². The molecule has 1 fully saturated rings. The Kier molecular flexibility index (Phi) is 5.94. The highest BCUT2D eigenvalue weighted by atomic mass is 16.5. The molecule has 5 rings (SSSR count). The molecule has 9 heteroatoms. The number of anilines is 1. The zero-order chi connectivity index (χ0) is 24.4. The van der Waals surface area contributed by atoms with E-state index in [0.717, 1.165) is 18.6 Å². The van der Waals surface area contributed by atoms with Gasteiger partial charge in [-0.05, 0) is 55.3 Å². The lowest BCUT2D eigenvalue weighted by Crippen LogP contribution is -2.42. The SMILES string of the molecule is N#CCC(=O)N1CCCC(n2c(=O)n(-c3ccc(Oc4ccccc4)cc3)c3c(N)nccc32)C1. The maximum absolute atomic E-state index is 13.8. The van der Waals surface area contributed by atoms with Crippen molar-refractivity contribution in [2.45, 2.75) is 25.3 Å². The highest BCUT2D eigenvalue weighted by Gasteiger charge is 2.29. The third-order valence-electron chi connectivity index (χ3n) is 6.23. The number of nitrogens with two attached hydrogens (primary N) is 1. The van der Waals surface area contributed by atoms with E-state index in [-0.39, 0.29) is 29.9 Å². The Morgan fingerprint density at radius 1 is 1.11 bits per heavy atom. The van der Waals surface area contributed by atoms with Gasteiger partial charge in [-0.1, -0.05) is 18.2 Å². The lowest BCUT2D eigenvalue weighted by molar-refractivity contribution is -0.131. The first-order valence-corrected chi connectivity index (χ1v) is 11.4. The topological polar surface area (TPSA) is 119 Å². The molecule has 0 aliphatic carbocycles. The van der Waals surface area contributed by atoms with Gasteiger partial charge >= 0.3 is 5.69 Å². The smallest absolute Gasteiger partial charge is 0.334 e. The Morgan fingerprint density at radius 3 is 2.60 bits per heavy atom. The zero-order valence-corrected chi connectivity index (χ0v) is 19.0. The second-order valence-electron chi connectivity index (χ2n) is 8.43. The van der Waals surface area contributed by atoms with E-state index in [0.29, 0.717) is 35.6 Å². The minimum atomic E-state index is -0.254. The van der Waals surface area contributed by atoms with Crippen LogP contribution in [-0.4, -0.2) is 38.0 Å². The third-order valence-corrected chi connectivity index (χ3v) is 6.23. The molecule has 0 radical (unpaired) electrons. The molecule has 4 aromatic rings. The van der Waals surface area contributed by atoms with Gasteiger partial charge in [-0.25, -0.2) is 9.78 Å². The third kappa shape index (κ3) is 4.22. The summed E-state index contributed by atoms with van der Waals surface area (Å²) >= 11 is 0. The van der Waals surface area contributed by atoms with Crippen molar-refractivity contribution in [1.82, 2.24) is 19.0 Å². The largest absolute Gasteiger partial charge is 0.457 e. The van der Waals surface area contributed by atoms with Gasteiger partial charge in [0.1, 0.15) is 29.3 Å². The first kappa shape index (κ1) is 22.2. The van der Waals surface area contributed by atoms with E-state index in [1.807, 2.05) is 36.4 Å². The number of para-hydroxylation sites is 1. The number of amides is 1. The fraction of sp³-hybridized carbons (Fsp3) is 0.231. The lowest BCUT2D eigenvalue weighted by Gasteiger charge is -2.33. The van der Waals surface area contributed by atoms with Crippen LogP contribution in [0.3, 0.4) is 0 Å². The van der Waals surface area contributed by atoms with Crippen LogP contribution in [0.2, 0.25) is 0 Å². The number of nitrogen functional groups attached to an aromatic ring is 1. The van der Waals surface area contributed by atoms with Crippen LogP contribution in [0.4, 0.5) is 5.82 Å². The number of likely N-dealkylation sites (tertiary alicyclic amines) is 1. The first-order valence-electron chi connectivity index (χ1n) is 11.4. The van der Waals surface area contributed by atoms with Gasteiger partial charge in [-0.2, -0.15) is 5.26 Å². The molecule has 1 aliphatic heterocycles. The fourth-order valence-electron chi connectivity index (χ4n) is 4.64. The van der Waals surface area contributed by atoms with Gasteiger partial charge in [0.25, 0.3) is 0 Å². The molecule has 1 aliphatic rings. The van der Waals surface area contributed by atoms with E-state index in [1.165, 1.54) is 0 Å². The highest BCUT2D eigenvalue weighted by molar-refractivity contribution is 5.87. The number of nitriles is 1. The predicted molar refractivity (Wildman–Crippen MR) is 131 cm³/mol. The van der Waals surface area contributed by atoms with E-state index >= 15 is 0 Å². The summed E-state index contributed by atoms with van der Waals surface area (Å²) < 4.78 is 9.13. The van der Waals surface area contributed by atoms with E-state index in [1.54, 1.807) is 50.6 Å². The molecule has 35 heavy (non-hydrogen) atoms. The molecule has 2 aromatic carbocycles. The highest BCUT2D eigenvalue weighted by Crippen LogP contribution is 2.29. The summed E-state index contributed by atoms with van der Waals surface area (Å²) in [4.78, 5) is 32.0. The van der Waals surface area contributed by atoms with Crippen molar-refractivity contribution < 1.29 is 9.53 Å². The molecule has 176 valence electrons. The summed E-state index contributed by atoms with van der Waals surface area (Å²) in [5.74, 6) is 1.39. The van der Waals surface area contributed by atoms with Crippen molar-refractivity contribution >= 4 is 22.8 Å². The second-order valence-corrected chi connectivity index (χ2v) is 8.43. The van der Waals surface area contributed by atoms with Crippen LogP contribution in [0.15, 0.2) is 71.7 Å². The van der Waals surface area contributed by atoms with Crippen LogP contribution in [0.1, 0.15) is 25.3 Å². The second kappa shape index (κ2) is 9.35. The maximum atomic E-state index is 13.8. The summed E-state index contributed by atoms with van der Waals surface area (Å²) in [7, 11) is 0. The molecule has 1 amide bonds. The molecule has 9 nitrogen and oxygen atoms in total. The molecule has 0 spiro atoms. The number of fused-ring (bicyclic) bond motifs is 1. The van der Waals surface area contributed by atoms with E-state index in [4.69, 9.17) is 15.7 Å². The quantitative estimate of drug-likeness (QED) is 0.478. The van der Waals surface area contributed by atoms with Gasteiger partial charge in [-0.15, -0.1) is 0 Å². The predicted octanol–water partition coefficient (Wildman–Crippen LogP) is 3.64. The van der Waals surface area contributed by atoms with Crippen LogP contribution < -0.4 is 16.2 Å². The van der Waals surface area contributed by atoms with Crippen molar-refractivity contribution in [1.29, 1.82) is 5.26 Å². The molecule has 1 saturated heterocycles. The number of ether oxygens (including phenoxy) is 1. The number of carbonyl (C=O) groups excluding carboxylic acids is 1. The Morgan fingerprint density at radius 2 is 1.86 bits per heavy atom. The normalized spacial score (nSPS) is 15.6. The minimum Gasteiger partial charge on any atom is -0.457 e. The van der Waals surface area contributed by atoms with Gasteiger partial charge in [0, 0.05) is 19.3 Å². The average molecular weight is 469 g/mol. The zero-order valence-electron chi connectivity index (χ0n) is 19.0. The maximum Gasteiger partial charge on any atom is 0.334 e. The van der Waals surface area contributed by atoms with Gasteiger partial charge in [0.05, 0.1) is 23.3 Å². The van der Waals surface area contributed by atoms with E-state index < -0.39 is 0 Å². The number of piperidine rings is 1. The Bertz CT molecular complexity index is 1470. The van der Waals surface area contributed by atoms with Crippen LogP contribution in [0.25, 0.3) is 16.7 Å². The molecule has 3 heterocycles. The van der Waals surface area contributed by atoms with Crippen molar-refractivity contribution in [2.24, 2.45) is 0 Å². The number of imidazole rings is 1. The Hall–Kier alpha value is -4.58. The molecule has 2 N–H and O–H groups in total. The monoisotopic (exact) mass is 468 g/mol. The molecule has 1 unspecified atom stereocenters. The van der Waals surface area contributed by atoms with Crippen molar-refractivity contribution in [3.8, 4) is 23.3 Å². The standard InChI is InChI=1S/C26H24N6O3/c27-14-12-23(33)30-16-4-5-19(17-30)31-22-13-15-29-25(28)24(22)32(26(31)34)18-8-10-21(11-9-18)35-20-6-2-1-3-7-20/h1-3,6-11,13,15,19H,4-5,12,16-17H2,(H2,28,29). The average Bonchev–Trinajstić information content (AvgIpc) is 3.18. The number of aromatic nitrogens is 3. The molecule has 0 saturated carbocycles. The number of carbonyl (C=O) groups is 1. The number of rotatable bonds is 5. The summed E-state index contributed by atoms with van der Waals surface area (Å²) in [6.45, 7) is 0.947. The van der Waals surface area contributed by atoms with Gasteiger partial charge in [-0.3, -0.25) is 13.9 Å². The molecule has 2 aromatic heterocycles. The van der Waals surface area contributed by atoms with Gasteiger partial charge in [0.2, 0.25) is 5.91 Å². The summed E-state index contributed by atoms with van der Waals surface area (Å²) in [5.41, 5.74) is 7.80. The summed E-state index contributed by atoms with van der Waals surface area (Å²) in [6.07, 6.45) is 2.89. The molecular formula is C26H24N6O3. The number of pyridine rings is 1. The molecule has 1 atom stereocenters. The van der Waals surface area contributed by atoms with Crippen LogP contribution in [0, 0.1) is 11.3 Å². The van der Waals surface area contributed by atoms with Gasteiger partial charge in [0.15, 0.2) is 0 Å².